The van der Waals surface area contributed by atoms with Crippen molar-refractivity contribution in [1.29, 1.82) is 0 Å². The Kier molecular flexibility index (Phi) is 3.53. The van der Waals surface area contributed by atoms with Gasteiger partial charge in [0.25, 0.3) is 0 Å². The van der Waals surface area contributed by atoms with Crippen LogP contribution in [0.5, 0.6) is 5.75 Å². The lowest BCUT2D eigenvalue weighted by atomic mass is 10.2. The molecule has 0 bridgehead atoms. The summed E-state index contributed by atoms with van der Waals surface area (Å²) < 4.78 is 0. The van der Waals surface area contributed by atoms with Gasteiger partial charge >= 0.3 is 0 Å². The van der Waals surface area contributed by atoms with Crippen molar-refractivity contribution in [3.63, 3.8) is 0 Å². The number of phenolic OH excluding ortho intramolecular Hbond substituents is 1. The van der Waals surface area contributed by atoms with Crippen molar-refractivity contribution in [3.8, 4) is 5.75 Å². The molecule has 1 rings (SSSR count). The maximum atomic E-state index is 10.0. The largest absolute Gasteiger partial charge is 0.507 e. The molecule has 0 amide bonds. The highest BCUT2D eigenvalue weighted by molar-refractivity contribution is 6.30. The first kappa shape index (κ1) is 9.81. The summed E-state index contributed by atoms with van der Waals surface area (Å²) in [6.07, 6.45) is 4.46. The molecule has 0 aromatic heterocycles. The molecule has 0 heterocycles. The van der Waals surface area contributed by atoms with Gasteiger partial charge in [0, 0.05) is 17.0 Å². The molecular weight excluding hydrogens is 188 g/mol. The maximum Gasteiger partial charge on any atom is 0.123 e. The fourth-order valence-corrected chi connectivity index (χ4v) is 1.09. The minimum atomic E-state index is 0.159. The van der Waals surface area contributed by atoms with Gasteiger partial charge in [0.1, 0.15) is 12.0 Å². The SMILES string of the molecule is O=CCC=Cc1cc(Cl)ccc1O. The molecule has 1 aromatic rings. The van der Waals surface area contributed by atoms with Crippen molar-refractivity contribution in [1.82, 2.24) is 0 Å². The molecule has 0 aliphatic heterocycles. The molecule has 68 valence electrons. The number of halogens is 1. The standard InChI is InChI=1S/C10H9ClO2/c11-9-4-5-10(13)8(7-9)3-1-2-6-12/h1,3-7,13H,2H2. The van der Waals surface area contributed by atoms with Crippen LogP contribution in [-0.4, -0.2) is 11.4 Å². The summed E-state index contributed by atoms with van der Waals surface area (Å²) in [4.78, 5) is 10.0. The third-order valence-electron chi connectivity index (χ3n) is 1.52. The third-order valence-corrected chi connectivity index (χ3v) is 1.75. The zero-order valence-corrected chi connectivity index (χ0v) is 7.66. The van der Waals surface area contributed by atoms with Crippen LogP contribution in [0.25, 0.3) is 6.08 Å². The van der Waals surface area contributed by atoms with Crippen LogP contribution in [0, 0.1) is 0 Å². The molecule has 0 aliphatic rings. The second-order valence-corrected chi connectivity index (χ2v) is 2.94. The lowest BCUT2D eigenvalue weighted by Crippen LogP contribution is -1.75. The maximum absolute atomic E-state index is 10.0. The number of benzene rings is 1. The van der Waals surface area contributed by atoms with E-state index in [1.54, 1.807) is 24.3 Å². The Morgan fingerprint density at radius 3 is 2.92 bits per heavy atom. The number of hydrogen-bond donors (Lipinski definition) is 1. The summed E-state index contributed by atoms with van der Waals surface area (Å²) in [5, 5.41) is 9.89. The molecule has 0 unspecified atom stereocenters. The minimum absolute atomic E-state index is 0.159. The van der Waals surface area contributed by atoms with Gasteiger partial charge in [-0.05, 0) is 18.2 Å². The first-order valence-corrected chi connectivity index (χ1v) is 4.20. The molecule has 1 aromatic carbocycles. The van der Waals surface area contributed by atoms with Crippen LogP contribution in [0.4, 0.5) is 0 Å². The van der Waals surface area contributed by atoms with Crippen LogP contribution in [-0.2, 0) is 4.79 Å². The number of aromatic hydroxyl groups is 1. The topological polar surface area (TPSA) is 37.3 Å². The third kappa shape index (κ3) is 2.92. The van der Waals surface area contributed by atoms with Gasteiger partial charge in [0.05, 0.1) is 0 Å². The van der Waals surface area contributed by atoms with Gasteiger partial charge < -0.3 is 9.90 Å². The predicted molar refractivity (Wildman–Crippen MR) is 52.8 cm³/mol. The first-order chi connectivity index (χ1) is 6.24. The summed E-state index contributed by atoms with van der Waals surface area (Å²) in [5.41, 5.74) is 0.620. The van der Waals surface area contributed by atoms with E-state index >= 15 is 0 Å². The fourth-order valence-electron chi connectivity index (χ4n) is 0.909. The number of aldehydes is 1. The molecule has 3 heteroatoms. The molecule has 1 N–H and O–H groups in total. The highest BCUT2D eigenvalue weighted by Gasteiger charge is 1.96. The van der Waals surface area contributed by atoms with Gasteiger partial charge in [0.2, 0.25) is 0 Å². The van der Waals surface area contributed by atoms with Gasteiger partial charge in [-0.3, -0.25) is 0 Å². The molecular formula is C10H9ClO2. The predicted octanol–water partition coefficient (Wildman–Crippen LogP) is 2.65. The van der Waals surface area contributed by atoms with Gasteiger partial charge in [-0.15, -0.1) is 0 Å². The molecule has 0 saturated heterocycles. The second-order valence-electron chi connectivity index (χ2n) is 2.51. The number of phenols is 1. The van der Waals surface area contributed by atoms with E-state index in [4.69, 9.17) is 11.6 Å². The summed E-state index contributed by atoms with van der Waals surface area (Å²) in [6, 6.07) is 4.76. The van der Waals surface area contributed by atoms with Crippen molar-refractivity contribution in [2.24, 2.45) is 0 Å². The Balaban J connectivity index is 2.86. The lowest BCUT2D eigenvalue weighted by molar-refractivity contribution is -0.107. The van der Waals surface area contributed by atoms with Gasteiger partial charge in [-0.1, -0.05) is 23.8 Å². The molecule has 0 atom stereocenters. The Labute approximate surface area is 81.5 Å². The smallest absolute Gasteiger partial charge is 0.123 e. The summed E-state index contributed by atoms with van der Waals surface area (Å²) in [6.45, 7) is 0. The van der Waals surface area contributed by atoms with Crippen molar-refractivity contribution < 1.29 is 9.90 Å². The van der Waals surface area contributed by atoms with Crippen molar-refractivity contribution in [2.75, 3.05) is 0 Å². The number of allylic oxidation sites excluding steroid dienone is 1. The lowest BCUT2D eigenvalue weighted by Gasteiger charge is -1.98. The average Bonchev–Trinajstić information content (AvgIpc) is 2.11. The molecule has 0 aliphatic carbocycles. The van der Waals surface area contributed by atoms with Gasteiger partial charge in [-0.2, -0.15) is 0 Å². The Morgan fingerprint density at radius 1 is 1.46 bits per heavy atom. The fraction of sp³-hybridized carbons (Fsp3) is 0.100. The second kappa shape index (κ2) is 4.67. The van der Waals surface area contributed by atoms with E-state index in [0.717, 1.165) is 6.29 Å². The van der Waals surface area contributed by atoms with Crippen LogP contribution >= 0.6 is 11.6 Å². The quantitative estimate of drug-likeness (QED) is 0.755. The zero-order valence-electron chi connectivity index (χ0n) is 6.90. The van der Waals surface area contributed by atoms with Crippen molar-refractivity contribution in [2.45, 2.75) is 6.42 Å². The minimum Gasteiger partial charge on any atom is -0.507 e. The normalized spacial score (nSPS) is 10.5. The molecule has 0 spiro atoms. The Bertz CT molecular complexity index is 332. The summed E-state index contributed by atoms with van der Waals surface area (Å²) in [5.74, 6) is 0.159. The van der Waals surface area contributed by atoms with E-state index in [9.17, 15) is 9.90 Å². The van der Waals surface area contributed by atoms with Crippen molar-refractivity contribution >= 4 is 24.0 Å². The van der Waals surface area contributed by atoms with E-state index < -0.39 is 0 Å². The number of carbonyl (C=O) groups is 1. The number of hydrogen-bond acceptors (Lipinski definition) is 2. The monoisotopic (exact) mass is 196 g/mol. The van der Waals surface area contributed by atoms with Gasteiger partial charge in [-0.25, -0.2) is 0 Å². The van der Waals surface area contributed by atoms with Gasteiger partial charge in [0.15, 0.2) is 0 Å². The molecule has 0 fully saturated rings. The number of carbonyl (C=O) groups excluding carboxylic acids is 1. The van der Waals surface area contributed by atoms with Crippen LogP contribution in [0.15, 0.2) is 24.3 Å². The van der Waals surface area contributed by atoms with E-state index in [1.165, 1.54) is 6.07 Å². The zero-order chi connectivity index (χ0) is 9.68. The molecule has 2 nitrogen and oxygen atoms in total. The van der Waals surface area contributed by atoms with Crippen LogP contribution < -0.4 is 0 Å². The Hall–Kier alpha value is -1.28. The number of rotatable bonds is 3. The molecule has 0 saturated carbocycles. The Morgan fingerprint density at radius 2 is 2.23 bits per heavy atom. The van der Waals surface area contributed by atoms with E-state index in [1.807, 2.05) is 0 Å². The van der Waals surface area contributed by atoms with Crippen LogP contribution in [0.2, 0.25) is 5.02 Å². The van der Waals surface area contributed by atoms with Crippen LogP contribution in [0.1, 0.15) is 12.0 Å². The van der Waals surface area contributed by atoms with Crippen LogP contribution in [0.3, 0.4) is 0 Å². The first-order valence-electron chi connectivity index (χ1n) is 3.82. The van der Waals surface area contributed by atoms with Crippen molar-refractivity contribution in [3.05, 3.63) is 34.9 Å². The van der Waals surface area contributed by atoms with E-state index in [-0.39, 0.29) is 5.75 Å². The molecule has 0 radical (unpaired) electrons. The average molecular weight is 197 g/mol. The van der Waals surface area contributed by atoms with E-state index in [2.05, 4.69) is 0 Å². The summed E-state index contributed by atoms with van der Waals surface area (Å²) in [7, 11) is 0. The molecule has 13 heavy (non-hydrogen) atoms. The van der Waals surface area contributed by atoms with E-state index in [0.29, 0.717) is 17.0 Å². The highest BCUT2D eigenvalue weighted by atomic mass is 35.5. The summed E-state index contributed by atoms with van der Waals surface area (Å²) >= 11 is 5.72. The highest BCUT2D eigenvalue weighted by Crippen LogP contribution is 2.22.